The zero-order valence-electron chi connectivity index (χ0n) is 28.3. The molecule has 0 saturated carbocycles. The van der Waals surface area contributed by atoms with Crippen molar-refractivity contribution in [3.8, 4) is 0 Å². The van der Waals surface area contributed by atoms with Crippen LogP contribution >= 0.6 is 0 Å². The van der Waals surface area contributed by atoms with E-state index < -0.39 is 66.2 Å². The molecule has 0 unspecified atom stereocenters. The topological polar surface area (TPSA) is 274 Å². The Morgan fingerprint density at radius 1 is 0.725 bits per heavy atom. The van der Waals surface area contributed by atoms with Gasteiger partial charge >= 0.3 is 12.0 Å². The average molecular weight is 708 g/mol. The van der Waals surface area contributed by atoms with Crippen LogP contribution < -0.4 is 43.0 Å². The van der Waals surface area contributed by atoms with Gasteiger partial charge in [0.25, 0.3) is 11.8 Å². The predicted molar refractivity (Wildman–Crippen MR) is 185 cm³/mol. The molecule has 7 amide bonds. The van der Waals surface area contributed by atoms with Crippen molar-refractivity contribution >= 4 is 47.5 Å². The molecular formula is C34H45N9O8. The predicted octanol–water partition coefficient (Wildman–Crippen LogP) is -0.462. The first-order valence-corrected chi connectivity index (χ1v) is 16.5. The Labute approximate surface area is 294 Å². The molecule has 2 aromatic rings. The van der Waals surface area contributed by atoms with Gasteiger partial charge in [0.2, 0.25) is 17.7 Å². The van der Waals surface area contributed by atoms with E-state index in [1.807, 2.05) is 24.4 Å². The first-order valence-electron chi connectivity index (χ1n) is 16.5. The third kappa shape index (κ3) is 13.8. The summed E-state index contributed by atoms with van der Waals surface area (Å²) in [5.74, 6) is -5.45. The van der Waals surface area contributed by atoms with Gasteiger partial charge in [0, 0.05) is 25.1 Å². The Morgan fingerprint density at radius 2 is 1.29 bits per heavy atom. The SMILES string of the molecule is Cc1ccc(C(=O)NCCCC[C@@H]2NC(=O)[C@@H](Cc3ccccc3)NC(=O)[C@H](CC(=O)O)NC(=O)NC(=O)[C@H](CCCNC(=N)N)NC2=O)cc1. The van der Waals surface area contributed by atoms with Crippen molar-refractivity contribution < 1.29 is 38.7 Å². The van der Waals surface area contributed by atoms with E-state index in [1.54, 1.807) is 42.5 Å². The van der Waals surface area contributed by atoms with Gasteiger partial charge in [-0.1, -0.05) is 48.0 Å². The summed E-state index contributed by atoms with van der Waals surface area (Å²) in [5, 5.41) is 34.1. The van der Waals surface area contributed by atoms with Crippen molar-refractivity contribution in [2.24, 2.45) is 5.73 Å². The van der Waals surface area contributed by atoms with Crippen LogP contribution in [0, 0.1) is 12.3 Å². The summed E-state index contributed by atoms with van der Waals surface area (Å²) in [5.41, 5.74) is 7.48. The average Bonchev–Trinajstić information content (AvgIpc) is 3.08. The fourth-order valence-corrected chi connectivity index (χ4v) is 5.20. The minimum absolute atomic E-state index is 0.0213. The molecule has 1 aliphatic rings. The number of rotatable bonds is 14. The van der Waals surface area contributed by atoms with Gasteiger partial charge in [-0.2, -0.15) is 0 Å². The molecule has 2 aromatic carbocycles. The number of amides is 7. The lowest BCUT2D eigenvalue weighted by Crippen LogP contribution is -2.61. The molecule has 17 heteroatoms. The van der Waals surface area contributed by atoms with Crippen molar-refractivity contribution in [2.45, 2.75) is 76.0 Å². The van der Waals surface area contributed by atoms with Gasteiger partial charge in [-0.15, -0.1) is 0 Å². The van der Waals surface area contributed by atoms with E-state index in [9.17, 15) is 38.7 Å². The maximum absolute atomic E-state index is 13.8. The lowest BCUT2D eigenvalue weighted by atomic mass is 10.0. The number of benzene rings is 2. The summed E-state index contributed by atoms with van der Waals surface area (Å²) in [6.07, 6.45) is 0.171. The van der Waals surface area contributed by atoms with Gasteiger partial charge in [-0.05, 0) is 56.7 Å². The van der Waals surface area contributed by atoms with Gasteiger partial charge in [0.1, 0.15) is 24.2 Å². The number of hydrogen-bond donors (Lipinski definition) is 10. The lowest BCUT2D eigenvalue weighted by molar-refractivity contribution is -0.140. The number of carbonyl (C=O) groups excluding carboxylic acids is 6. The highest BCUT2D eigenvalue weighted by molar-refractivity contribution is 6.02. The molecule has 274 valence electrons. The molecule has 51 heavy (non-hydrogen) atoms. The zero-order valence-corrected chi connectivity index (χ0v) is 28.3. The summed E-state index contributed by atoms with van der Waals surface area (Å²) in [6.45, 7) is 2.35. The smallest absolute Gasteiger partial charge is 0.322 e. The van der Waals surface area contributed by atoms with E-state index in [0.29, 0.717) is 24.0 Å². The van der Waals surface area contributed by atoms with Crippen LogP contribution in [0.1, 0.15) is 60.0 Å². The highest BCUT2D eigenvalue weighted by Crippen LogP contribution is 2.10. The normalized spacial score (nSPS) is 20.0. The molecule has 0 spiro atoms. The molecule has 17 nitrogen and oxygen atoms in total. The van der Waals surface area contributed by atoms with E-state index in [4.69, 9.17) is 11.1 Å². The number of guanidine groups is 1. The van der Waals surface area contributed by atoms with Crippen LogP contribution in [0.5, 0.6) is 0 Å². The fourth-order valence-electron chi connectivity index (χ4n) is 5.20. The summed E-state index contributed by atoms with van der Waals surface area (Å²) in [7, 11) is 0. The number of hydrogen-bond acceptors (Lipinski definition) is 8. The van der Waals surface area contributed by atoms with E-state index >= 15 is 0 Å². The second kappa shape index (κ2) is 19.9. The van der Waals surface area contributed by atoms with Crippen LogP contribution in [0.4, 0.5) is 4.79 Å². The summed E-state index contributed by atoms with van der Waals surface area (Å²) in [6, 6.07) is 9.07. The first-order chi connectivity index (χ1) is 24.3. The third-order valence-corrected chi connectivity index (χ3v) is 7.92. The summed E-state index contributed by atoms with van der Waals surface area (Å²) < 4.78 is 0. The number of aryl methyl sites for hydroxylation is 1. The number of imide groups is 1. The molecule has 4 atom stereocenters. The zero-order chi connectivity index (χ0) is 37.3. The van der Waals surface area contributed by atoms with Gasteiger partial charge in [0.15, 0.2) is 5.96 Å². The van der Waals surface area contributed by atoms with Gasteiger partial charge in [0.05, 0.1) is 6.42 Å². The van der Waals surface area contributed by atoms with Crippen LogP contribution in [0.25, 0.3) is 0 Å². The monoisotopic (exact) mass is 707 g/mol. The van der Waals surface area contributed by atoms with Crippen molar-refractivity contribution in [3.05, 3.63) is 71.3 Å². The molecule has 3 rings (SSSR count). The number of carboxylic acid groups (broad SMARTS) is 1. The van der Waals surface area contributed by atoms with Gasteiger partial charge in [-0.3, -0.25) is 39.5 Å². The van der Waals surface area contributed by atoms with Crippen LogP contribution in [-0.2, 0) is 30.4 Å². The number of unbranched alkanes of at least 4 members (excludes halogenated alkanes) is 1. The molecule has 1 fully saturated rings. The van der Waals surface area contributed by atoms with Gasteiger partial charge < -0.3 is 42.7 Å². The van der Waals surface area contributed by atoms with Crippen molar-refractivity contribution in [1.82, 2.24) is 37.2 Å². The van der Waals surface area contributed by atoms with E-state index in [1.165, 1.54) is 0 Å². The van der Waals surface area contributed by atoms with Crippen LogP contribution in [0.15, 0.2) is 54.6 Å². The van der Waals surface area contributed by atoms with E-state index in [2.05, 4.69) is 31.9 Å². The molecular weight excluding hydrogens is 662 g/mol. The highest BCUT2D eigenvalue weighted by Gasteiger charge is 2.33. The second-order valence-corrected chi connectivity index (χ2v) is 12.1. The molecule has 1 saturated heterocycles. The molecule has 11 N–H and O–H groups in total. The standard InChI is InChI=1S/C34H45N9O8/c1-20-12-14-22(15-13-20)28(46)37-16-6-5-10-23-29(47)39-24(11-7-17-38-33(35)36)30(48)43-34(51)42-26(19-27(44)45)32(50)41-25(31(49)40-23)18-21-8-3-2-4-9-21/h2-4,8-9,12-15,23-26H,5-7,10-11,16-19H2,1H3,(H,37,46)(H,39,47)(H,40,49)(H,41,50)(H,44,45)(H4,35,36,38)(H2,42,43,48,51)/t23-,24-,25+,26-/m0/s1. The van der Waals surface area contributed by atoms with Crippen LogP contribution in [-0.4, -0.2) is 89.9 Å². The van der Waals surface area contributed by atoms with Crippen molar-refractivity contribution in [3.63, 3.8) is 0 Å². The summed E-state index contributed by atoms with van der Waals surface area (Å²) in [4.78, 5) is 90.9. The minimum atomic E-state index is -1.66. The number of aliphatic carboxylic acids is 1. The Hall–Kier alpha value is -6.00. The van der Waals surface area contributed by atoms with Crippen molar-refractivity contribution in [1.29, 1.82) is 5.41 Å². The largest absolute Gasteiger partial charge is 0.481 e. The quantitative estimate of drug-likeness (QED) is 0.0685. The second-order valence-electron chi connectivity index (χ2n) is 12.1. The maximum Gasteiger partial charge on any atom is 0.322 e. The Bertz CT molecular complexity index is 1570. The van der Waals surface area contributed by atoms with Crippen molar-refractivity contribution in [2.75, 3.05) is 13.1 Å². The number of nitrogens with two attached hydrogens (primary N) is 1. The fraction of sp³-hybridized carbons (Fsp3) is 0.412. The van der Waals surface area contributed by atoms with Gasteiger partial charge in [-0.25, -0.2) is 4.79 Å². The number of nitrogens with one attached hydrogen (secondary N) is 8. The van der Waals surface area contributed by atoms with Crippen LogP contribution in [0.3, 0.4) is 0 Å². The van der Waals surface area contributed by atoms with E-state index in [0.717, 1.165) is 5.56 Å². The molecule has 0 aliphatic carbocycles. The van der Waals surface area contributed by atoms with Crippen LogP contribution in [0.2, 0.25) is 0 Å². The molecule has 0 radical (unpaired) electrons. The minimum Gasteiger partial charge on any atom is -0.481 e. The molecule has 1 aliphatic heterocycles. The number of urea groups is 1. The number of carboxylic acids is 1. The Balaban J connectivity index is 1.85. The highest BCUT2D eigenvalue weighted by atomic mass is 16.4. The Kier molecular flexibility index (Phi) is 15.4. The maximum atomic E-state index is 13.8. The molecule has 0 aromatic heterocycles. The molecule has 0 bridgehead atoms. The first kappa shape index (κ1) is 39.4. The molecule has 1 heterocycles. The van der Waals surface area contributed by atoms with E-state index in [-0.39, 0.29) is 50.6 Å². The summed E-state index contributed by atoms with van der Waals surface area (Å²) >= 11 is 0. The lowest BCUT2D eigenvalue weighted by Gasteiger charge is -2.27. The third-order valence-electron chi connectivity index (χ3n) is 7.92. The number of carbonyl (C=O) groups is 7. The Morgan fingerprint density at radius 3 is 1.94 bits per heavy atom.